The molecule has 18 heavy (non-hydrogen) atoms. The van der Waals surface area contributed by atoms with Crippen molar-refractivity contribution in [1.29, 1.82) is 0 Å². The maximum atomic E-state index is 12.1. The molecule has 1 aromatic carbocycles. The van der Waals surface area contributed by atoms with E-state index in [2.05, 4.69) is 4.72 Å². The summed E-state index contributed by atoms with van der Waals surface area (Å²) in [6.45, 7) is 7.58. The van der Waals surface area contributed by atoms with E-state index in [1.165, 1.54) is 18.2 Å². The van der Waals surface area contributed by atoms with Crippen LogP contribution in [0.2, 0.25) is 5.02 Å². The van der Waals surface area contributed by atoms with Crippen LogP contribution >= 0.6 is 11.6 Å². The summed E-state index contributed by atoms with van der Waals surface area (Å²) < 4.78 is 32.1. The highest BCUT2D eigenvalue weighted by Gasteiger charge is 2.22. The van der Waals surface area contributed by atoms with Crippen molar-refractivity contribution < 1.29 is 13.2 Å². The summed E-state index contributed by atoms with van der Waals surface area (Å²) >= 11 is 5.92. The minimum absolute atomic E-state index is 0.144. The molecular weight excluding hydrogens is 274 g/mol. The van der Waals surface area contributed by atoms with Gasteiger partial charge in [0.15, 0.2) is 0 Å². The molecule has 0 aromatic heterocycles. The van der Waals surface area contributed by atoms with E-state index in [-0.39, 0.29) is 4.90 Å². The van der Waals surface area contributed by atoms with Crippen LogP contribution in [-0.4, -0.2) is 20.6 Å². The second-order valence-electron chi connectivity index (χ2n) is 4.88. The molecule has 0 radical (unpaired) electrons. The molecule has 0 spiro atoms. The molecule has 0 aliphatic carbocycles. The van der Waals surface area contributed by atoms with Gasteiger partial charge in [0, 0.05) is 11.6 Å². The number of benzene rings is 1. The van der Waals surface area contributed by atoms with Crippen LogP contribution < -0.4 is 9.46 Å². The van der Waals surface area contributed by atoms with Crippen LogP contribution in [0.25, 0.3) is 0 Å². The van der Waals surface area contributed by atoms with Gasteiger partial charge in [0.05, 0.1) is 16.5 Å². The number of halogens is 1. The van der Waals surface area contributed by atoms with Gasteiger partial charge in [-0.15, -0.1) is 0 Å². The SMILES string of the molecule is CCOc1cc(S(=O)(=O)NC(C)(C)C)ccc1Cl. The van der Waals surface area contributed by atoms with Crippen molar-refractivity contribution in [2.75, 3.05) is 6.61 Å². The molecule has 0 amide bonds. The first-order valence-corrected chi connectivity index (χ1v) is 7.48. The van der Waals surface area contributed by atoms with Crippen molar-refractivity contribution in [3.8, 4) is 5.75 Å². The third-order valence-electron chi connectivity index (χ3n) is 1.95. The summed E-state index contributed by atoms with van der Waals surface area (Å²) in [4.78, 5) is 0.144. The fraction of sp³-hybridized carbons (Fsp3) is 0.500. The molecular formula is C12H18ClNO3S. The van der Waals surface area contributed by atoms with Crippen LogP contribution in [0, 0.1) is 0 Å². The number of hydrogen-bond acceptors (Lipinski definition) is 3. The van der Waals surface area contributed by atoms with Crippen molar-refractivity contribution in [3.63, 3.8) is 0 Å². The van der Waals surface area contributed by atoms with Gasteiger partial charge in [-0.2, -0.15) is 0 Å². The normalized spacial score (nSPS) is 12.5. The van der Waals surface area contributed by atoms with Gasteiger partial charge in [-0.1, -0.05) is 11.6 Å². The smallest absolute Gasteiger partial charge is 0.241 e. The molecule has 6 heteroatoms. The van der Waals surface area contributed by atoms with Gasteiger partial charge in [0.25, 0.3) is 0 Å². The van der Waals surface area contributed by atoms with E-state index in [4.69, 9.17) is 16.3 Å². The van der Waals surface area contributed by atoms with Gasteiger partial charge in [0.1, 0.15) is 5.75 Å². The summed E-state index contributed by atoms with van der Waals surface area (Å²) in [6, 6.07) is 4.41. The fourth-order valence-electron chi connectivity index (χ4n) is 1.38. The van der Waals surface area contributed by atoms with Gasteiger partial charge in [-0.25, -0.2) is 13.1 Å². The number of hydrogen-bond donors (Lipinski definition) is 1. The summed E-state index contributed by atoms with van der Waals surface area (Å²) in [5, 5.41) is 0.395. The largest absolute Gasteiger partial charge is 0.492 e. The standard InChI is InChI=1S/C12H18ClNO3S/c1-5-17-11-8-9(6-7-10(11)13)18(15,16)14-12(2,3)4/h6-8,14H,5H2,1-4H3. The van der Waals surface area contributed by atoms with Crippen molar-refractivity contribution in [1.82, 2.24) is 4.72 Å². The lowest BCUT2D eigenvalue weighted by Crippen LogP contribution is -2.40. The number of nitrogens with one attached hydrogen (secondary N) is 1. The molecule has 0 fully saturated rings. The molecule has 0 aliphatic heterocycles. The predicted molar refractivity (Wildman–Crippen MR) is 72.7 cm³/mol. The Hall–Kier alpha value is -0.780. The summed E-state index contributed by atoms with van der Waals surface area (Å²) in [5.41, 5.74) is -0.537. The van der Waals surface area contributed by atoms with Crippen LogP contribution in [-0.2, 0) is 10.0 Å². The molecule has 0 aliphatic rings. The Morgan fingerprint density at radius 3 is 2.44 bits per heavy atom. The average Bonchev–Trinajstić information content (AvgIpc) is 2.17. The summed E-state index contributed by atoms with van der Waals surface area (Å²) in [5.74, 6) is 0.371. The van der Waals surface area contributed by atoms with Crippen molar-refractivity contribution in [2.24, 2.45) is 0 Å². The van der Waals surface area contributed by atoms with E-state index >= 15 is 0 Å². The van der Waals surface area contributed by atoms with Crippen LogP contribution in [0.1, 0.15) is 27.7 Å². The van der Waals surface area contributed by atoms with E-state index in [9.17, 15) is 8.42 Å². The zero-order valence-electron chi connectivity index (χ0n) is 11.0. The maximum absolute atomic E-state index is 12.1. The molecule has 0 saturated carbocycles. The number of sulfonamides is 1. The monoisotopic (exact) mass is 291 g/mol. The highest BCUT2D eigenvalue weighted by atomic mass is 35.5. The second-order valence-corrected chi connectivity index (χ2v) is 6.97. The van der Waals surface area contributed by atoms with Crippen molar-refractivity contribution >= 4 is 21.6 Å². The Kier molecular flexibility index (Phi) is 4.64. The minimum atomic E-state index is -3.56. The van der Waals surface area contributed by atoms with Gasteiger partial charge in [-0.3, -0.25) is 0 Å². The average molecular weight is 292 g/mol. The molecule has 0 atom stereocenters. The first-order chi connectivity index (χ1) is 8.15. The zero-order valence-corrected chi connectivity index (χ0v) is 12.5. The molecule has 4 nitrogen and oxygen atoms in total. The Labute approximate surface area is 113 Å². The first kappa shape index (κ1) is 15.3. The molecule has 0 unspecified atom stereocenters. The van der Waals surface area contributed by atoms with E-state index < -0.39 is 15.6 Å². The third-order valence-corrected chi connectivity index (χ3v) is 4.02. The quantitative estimate of drug-likeness (QED) is 0.928. The first-order valence-electron chi connectivity index (χ1n) is 5.62. The van der Waals surface area contributed by atoms with Crippen molar-refractivity contribution in [3.05, 3.63) is 23.2 Å². The molecule has 0 heterocycles. The lowest BCUT2D eigenvalue weighted by molar-refractivity contribution is 0.339. The second kappa shape index (κ2) is 5.47. The number of rotatable bonds is 4. The highest BCUT2D eigenvalue weighted by molar-refractivity contribution is 7.89. The Morgan fingerprint density at radius 2 is 1.94 bits per heavy atom. The van der Waals surface area contributed by atoms with Crippen LogP contribution in [0.4, 0.5) is 0 Å². The van der Waals surface area contributed by atoms with Gasteiger partial charge in [0.2, 0.25) is 10.0 Å². The van der Waals surface area contributed by atoms with E-state index in [1.807, 2.05) is 6.92 Å². The Balaban J connectivity index is 3.14. The Bertz CT molecular complexity index is 521. The van der Waals surface area contributed by atoms with Crippen LogP contribution in [0.5, 0.6) is 5.75 Å². The third kappa shape index (κ3) is 4.15. The molecule has 1 N–H and O–H groups in total. The molecule has 0 bridgehead atoms. The van der Waals surface area contributed by atoms with E-state index in [0.717, 1.165) is 0 Å². The lowest BCUT2D eigenvalue weighted by Gasteiger charge is -2.20. The predicted octanol–water partition coefficient (Wildman–Crippen LogP) is 2.82. The van der Waals surface area contributed by atoms with E-state index in [0.29, 0.717) is 17.4 Å². The summed E-state index contributed by atoms with van der Waals surface area (Å²) in [6.07, 6.45) is 0. The van der Waals surface area contributed by atoms with Crippen LogP contribution in [0.3, 0.4) is 0 Å². The van der Waals surface area contributed by atoms with Gasteiger partial charge in [-0.05, 0) is 39.8 Å². The minimum Gasteiger partial charge on any atom is -0.492 e. The van der Waals surface area contributed by atoms with Crippen LogP contribution in [0.15, 0.2) is 23.1 Å². The fourth-order valence-corrected chi connectivity index (χ4v) is 2.98. The molecule has 1 rings (SSSR count). The Morgan fingerprint density at radius 1 is 1.33 bits per heavy atom. The topological polar surface area (TPSA) is 55.4 Å². The molecule has 102 valence electrons. The van der Waals surface area contributed by atoms with Gasteiger partial charge >= 0.3 is 0 Å². The summed E-state index contributed by atoms with van der Waals surface area (Å²) in [7, 11) is -3.56. The lowest BCUT2D eigenvalue weighted by atomic mass is 10.1. The number of ether oxygens (including phenoxy) is 1. The van der Waals surface area contributed by atoms with E-state index in [1.54, 1.807) is 20.8 Å². The zero-order chi connectivity index (χ0) is 14.0. The van der Waals surface area contributed by atoms with Gasteiger partial charge < -0.3 is 4.74 Å². The maximum Gasteiger partial charge on any atom is 0.241 e. The molecule has 0 saturated heterocycles. The molecule has 1 aromatic rings. The van der Waals surface area contributed by atoms with Crippen molar-refractivity contribution in [2.45, 2.75) is 38.1 Å². The highest BCUT2D eigenvalue weighted by Crippen LogP contribution is 2.27.